The largest absolute Gasteiger partial charge is 0.384 e. The normalized spacial score (nSPS) is 16.2. The fourth-order valence-electron chi connectivity index (χ4n) is 3.67. The van der Waals surface area contributed by atoms with Gasteiger partial charge in [0.1, 0.15) is 5.82 Å². The summed E-state index contributed by atoms with van der Waals surface area (Å²) in [5.41, 5.74) is 5.62. The lowest BCUT2D eigenvalue weighted by atomic mass is 10.0. The van der Waals surface area contributed by atoms with Gasteiger partial charge in [0.15, 0.2) is 0 Å². The van der Waals surface area contributed by atoms with Gasteiger partial charge < -0.3 is 9.80 Å². The molecule has 1 aliphatic heterocycles. The van der Waals surface area contributed by atoms with E-state index < -0.39 is 0 Å². The van der Waals surface area contributed by atoms with Crippen molar-refractivity contribution in [3.63, 3.8) is 0 Å². The number of allylic oxidation sites excluding steroid dienone is 1. The maximum Gasteiger partial charge on any atom is 0.123 e. The third-order valence-electron chi connectivity index (χ3n) is 5.69. The maximum atomic E-state index is 13.2. The summed E-state index contributed by atoms with van der Waals surface area (Å²) in [7, 11) is 3.95. The minimum absolute atomic E-state index is 0.0771. The highest BCUT2D eigenvalue weighted by Gasteiger charge is 2.21. The number of rotatable bonds is 8. The van der Waals surface area contributed by atoms with Gasteiger partial charge in [0.25, 0.3) is 0 Å². The molecule has 3 nitrogen and oxygen atoms in total. The van der Waals surface area contributed by atoms with Gasteiger partial charge in [-0.05, 0) is 58.1 Å². The van der Waals surface area contributed by atoms with Crippen molar-refractivity contribution in [2.75, 3.05) is 19.8 Å². The second kappa shape index (κ2) is 12.9. The van der Waals surface area contributed by atoms with Gasteiger partial charge in [0, 0.05) is 50.9 Å². The van der Waals surface area contributed by atoms with Crippen LogP contribution in [0.1, 0.15) is 11.1 Å². The van der Waals surface area contributed by atoms with Crippen LogP contribution >= 0.6 is 10.5 Å². The summed E-state index contributed by atoms with van der Waals surface area (Å²) in [4.78, 5) is 8.40. The predicted octanol–water partition coefficient (Wildman–Crippen LogP) is 6.73. The first kappa shape index (κ1) is 26.2. The van der Waals surface area contributed by atoms with Gasteiger partial charge in [-0.1, -0.05) is 61.5 Å². The molecule has 2 unspecified atom stereocenters. The van der Waals surface area contributed by atoms with Gasteiger partial charge in [-0.2, -0.15) is 10.5 Å². The van der Waals surface area contributed by atoms with Crippen LogP contribution in [0.15, 0.2) is 110 Å². The molecule has 2 aromatic carbocycles. The zero-order valence-electron chi connectivity index (χ0n) is 20.6. The predicted molar refractivity (Wildman–Crippen MR) is 151 cm³/mol. The van der Waals surface area contributed by atoms with E-state index in [1.54, 1.807) is 6.20 Å². The van der Waals surface area contributed by atoms with Crippen LogP contribution in [0.5, 0.6) is 0 Å². The van der Waals surface area contributed by atoms with Gasteiger partial charge in [0.05, 0.1) is 6.04 Å². The van der Waals surface area contributed by atoms with E-state index in [0.717, 1.165) is 35.5 Å². The highest BCUT2D eigenvalue weighted by Crippen LogP contribution is 2.29. The molecule has 0 amide bonds. The fourth-order valence-corrected chi connectivity index (χ4v) is 4.91. The molecule has 1 aliphatic rings. The molecule has 1 aromatic heterocycles. The molecule has 0 radical (unpaired) electrons. The van der Waals surface area contributed by atoms with Crippen molar-refractivity contribution in [1.29, 1.82) is 0 Å². The van der Waals surface area contributed by atoms with Crippen LogP contribution in [-0.4, -0.2) is 46.5 Å². The minimum atomic E-state index is -0.216. The number of benzene rings is 2. The van der Waals surface area contributed by atoms with E-state index in [1.165, 1.54) is 23.3 Å². The quantitative estimate of drug-likeness (QED) is 0.328. The Hall–Kier alpha value is -3.44. The summed E-state index contributed by atoms with van der Waals surface area (Å²) in [6.45, 7) is 8.72. The topological polar surface area (TPSA) is 19.4 Å². The first-order chi connectivity index (χ1) is 16.9. The second-order valence-corrected chi connectivity index (χ2v) is 10.4. The Morgan fingerprint density at radius 2 is 1.57 bits per heavy atom. The van der Waals surface area contributed by atoms with Crippen molar-refractivity contribution in [2.45, 2.75) is 19.0 Å². The van der Waals surface area contributed by atoms with E-state index >= 15 is 0 Å². The lowest BCUT2D eigenvalue weighted by Gasteiger charge is -2.32. The number of halogens is 1. The van der Waals surface area contributed by atoms with Crippen molar-refractivity contribution in [2.24, 2.45) is 0 Å². The Morgan fingerprint density at radius 3 is 2.09 bits per heavy atom. The highest BCUT2D eigenvalue weighted by molar-refractivity contribution is 8.16. The standard InChI is InChI=1S/C26H25FN2S.C4H9N/c1-20(17-21-3-5-23(6-4-21)24-7-9-25(27)10-8-24)29(26-13-16-30(2)19-26)18-22-11-14-28-15-12-22;1-4-5(2)3/h3-16,26H,1-2,17-19H2;4H,1H2,2-3H3. The molecular formula is C30H34FN3S. The van der Waals surface area contributed by atoms with Crippen LogP contribution in [0.25, 0.3) is 11.1 Å². The van der Waals surface area contributed by atoms with Crippen LogP contribution in [0.4, 0.5) is 4.39 Å². The van der Waals surface area contributed by atoms with Crippen molar-refractivity contribution in [1.82, 2.24) is 14.8 Å². The average molecular weight is 488 g/mol. The Kier molecular flexibility index (Phi) is 9.62. The lowest BCUT2D eigenvalue weighted by molar-refractivity contribution is 0.299. The van der Waals surface area contributed by atoms with Crippen molar-refractivity contribution >= 4 is 16.4 Å². The number of hydrogen-bond donors (Lipinski definition) is 0. The third kappa shape index (κ3) is 8.08. The fraction of sp³-hybridized carbons (Fsp3) is 0.200. The van der Waals surface area contributed by atoms with E-state index in [1.807, 2.05) is 43.5 Å². The SMILES string of the molecule is C=C(Cc1ccc(-c2ccc(F)cc2)cc1)N(Cc1ccncc1)C1C=CS(=C)C1.C=CN(C)C. The molecule has 3 aromatic rings. The molecule has 5 heteroatoms. The molecule has 2 atom stereocenters. The molecular weight excluding hydrogens is 453 g/mol. The number of aromatic nitrogens is 1. The molecule has 0 N–H and O–H groups in total. The van der Waals surface area contributed by atoms with E-state index in [9.17, 15) is 4.39 Å². The van der Waals surface area contributed by atoms with E-state index in [-0.39, 0.29) is 16.3 Å². The Bertz CT molecular complexity index is 1150. The summed E-state index contributed by atoms with van der Waals surface area (Å²) >= 11 is 0. The van der Waals surface area contributed by atoms with Crippen LogP contribution < -0.4 is 0 Å². The number of pyridine rings is 1. The van der Waals surface area contributed by atoms with Gasteiger partial charge in [-0.25, -0.2) is 4.39 Å². The van der Waals surface area contributed by atoms with Gasteiger partial charge in [0.2, 0.25) is 0 Å². The van der Waals surface area contributed by atoms with Crippen LogP contribution in [-0.2, 0) is 13.0 Å². The average Bonchev–Trinajstić information content (AvgIpc) is 3.30. The Balaban J connectivity index is 0.000000623. The summed E-state index contributed by atoms with van der Waals surface area (Å²) < 4.78 is 13.2. The Morgan fingerprint density at radius 1 is 1.00 bits per heavy atom. The van der Waals surface area contributed by atoms with Crippen LogP contribution in [0.3, 0.4) is 0 Å². The first-order valence-electron chi connectivity index (χ1n) is 11.5. The molecule has 0 saturated heterocycles. The van der Waals surface area contributed by atoms with Gasteiger partial charge in [-0.15, -0.1) is 0 Å². The van der Waals surface area contributed by atoms with Crippen LogP contribution in [0, 0.1) is 5.82 Å². The molecule has 0 aliphatic carbocycles. The summed E-state index contributed by atoms with van der Waals surface area (Å²) in [5, 5.41) is 2.22. The third-order valence-corrected chi connectivity index (χ3v) is 7.00. The minimum Gasteiger partial charge on any atom is -0.384 e. The number of nitrogens with zero attached hydrogens (tertiary/aromatic N) is 3. The summed E-state index contributed by atoms with van der Waals surface area (Å²) in [5.74, 6) is 5.04. The highest BCUT2D eigenvalue weighted by atomic mass is 32.2. The van der Waals surface area contributed by atoms with Gasteiger partial charge >= 0.3 is 0 Å². The van der Waals surface area contributed by atoms with E-state index in [0.29, 0.717) is 6.04 Å². The smallest absolute Gasteiger partial charge is 0.123 e. The molecule has 182 valence electrons. The molecule has 2 heterocycles. The summed E-state index contributed by atoms with van der Waals surface area (Å²) in [6.07, 6.45) is 8.46. The molecule has 0 saturated carbocycles. The zero-order chi connectivity index (χ0) is 25.2. The summed E-state index contributed by atoms with van der Waals surface area (Å²) in [6, 6.07) is 19.5. The zero-order valence-corrected chi connectivity index (χ0v) is 21.4. The van der Waals surface area contributed by atoms with Crippen LogP contribution in [0.2, 0.25) is 0 Å². The maximum absolute atomic E-state index is 13.2. The van der Waals surface area contributed by atoms with Crippen molar-refractivity contribution in [3.8, 4) is 11.1 Å². The number of hydrogen-bond acceptors (Lipinski definition) is 3. The van der Waals surface area contributed by atoms with Gasteiger partial charge in [-0.3, -0.25) is 4.98 Å². The first-order valence-corrected chi connectivity index (χ1v) is 13.1. The Labute approximate surface area is 211 Å². The molecule has 0 fully saturated rings. The monoisotopic (exact) mass is 487 g/mol. The van der Waals surface area contributed by atoms with Crippen molar-refractivity contribution < 1.29 is 4.39 Å². The second-order valence-electron chi connectivity index (χ2n) is 8.68. The molecule has 35 heavy (non-hydrogen) atoms. The van der Waals surface area contributed by atoms with E-state index in [2.05, 4.69) is 76.8 Å². The molecule has 4 rings (SSSR count). The van der Waals surface area contributed by atoms with Crippen molar-refractivity contribution in [3.05, 3.63) is 127 Å². The lowest BCUT2D eigenvalue weighted by Crippen LogP contribution is -2.33. The molecule has 0 bridgehead atoms. The van der Waals surface area contributed by atoms with E-state index in [4.69, 9.17) is 0 Å². The molecule has 0 spiro atoms.